The number of carbonyl (C=O) groups excluding carboxylic acids is 1. The molecule has 0 aliphatic carbocycles. The molecule has 1 aromatic carbocycles. The average molecular weight is 307 g/mol. The number of benzene rings is 1. The lowest BCUT2D eigenvalue weighted by molar-refractivity contribution is -0.132. The number of nitrogens with zero attached hydrogens (tertiary/aromatic N) is 4. The van der Waals surface area contributed by atoms with E-state index < -0.39 is 0 Å². The van der Waals surface area contributed by atoms with Gasteiger partial charge < -0.3 is 14.6 Å². The molecule has 6 nitrogen and oxygen atoms in total. The van der Waals surface area contributed by atoms with Gasteiger partial charge in [-0.2, -0.15) is 0 Å². The smallest absolute Gasteiger partial charge is 0.227 e. The largest absolute Gasteiger partial charge is 0.388 e. The van der Waals surface area contributed by atoms with E-state index in [2.05, 4.69) is 10.2 Å². The first-order chi connectivity index (χ1) is 10.2. The second kappa shape index (κ2) is 5.83. The lowest BCUT2D eigenvalue weighted by Gasteiger charge is -2.28. The van der Waals surface area contributed by atoms with Crippen LogP contribution in [-0.4, -0.2) is 37.2 Å². The minimum absolute atomic E-state index is 0.0166. The second-order valence-corrected chi connectivity index (χ2v) is 5.33. The van der Waals surface area contributed by atoms with Gasteiger partial charge in [0.05, 0.1) is 13.0 Å². The van der Waals surface area contributed by atoms with E-state index in [1.165, 1.54) is 0 Å². The molecule has 3 rings (SSSR count). The van der Waals surface area contributed by atoms with Gasteiger partial charge in [-0.3, -0.25) is 4.79 Å². The van der Waals surface area contributed by atoms with Crippen LogP contribution in [0.2, 0.25) is 5.02 Å². The molecule has 2 aromatic rings. The number of fused-ring (bicyclic) bond motifs is 1. The van der Waals surface area contributed by atoms with Crippen LogP contribution >= 0.6 is 11.6 Å². The lowest BCUT2D eigenvalue weighted by Crippen LogP contribution is -2.39. The van der Waals surface area contributed by atoms with Crippen molar-refractivity contribution in [2.45, 2.75) is 26.1 Å². The number of aromatic nitrogens is 3. The third kappa shape index (κ3) is 2.77. The van der Waals surface area contributed by atoms with E-state index in [0.717, 1.165) is 5.56 Å². The first-order valence-electron chi connectivity index (χ1n) is 6.72. The molecule has 2 heterocycles. The molecule has 0 unspecified atom stereocenters. The third-order valence-electron chi connectivity index (χ3n) is 3.62. The maximum Gasteiger partial charge on any atom is 0.227 e. The highest BCUT2D eigenvalue weighted by Crippen LogP contribution is 2.18. The standard InChI is InChI=1S/C14H15ClN4O2/c15-11-4-2-1-3-10(11)7-14(21)18-5-6-19-12(8-18)16-17-13(19)9-20/h1-4,20H,5-9H2. The summed E-state index contributed by atoms with van der Waals surface area (Å²) < 4.78 is 1.86. The van der Waals surface area contributed by atoms with Gasteiger partial charge in [0.15, 0.2) is 11.6 Å². The summed E-state index contributed by atoms with van der Waals surface area (Å²) >= 11 is 6.09. The number of aliphatic hydroxyl groups is 1. The van der Waals surface area contributed by atoms with Crippen LogP contribution in [-0.2, 0) is 30.9 Å². The number of rotatable bonds is 3. The number of amides is 1. The molecule has 0 spiro atoms. The summed E-state index contributed by atoms with van der Waals surface area (Å²) in [7, 11) is 0. The Morgan fingerprint density at radius 1 is 1.29 bits per heavy atom. The van der Waals surface area contributed by atoms with E-state index in [0.29, 0.717) is 36.3 Å². The zero-order valence-corrected chi connectivity index (χ0v) is 12.1. The van der Waals surface area contributed by atoms with Gasteiger partial charge in [0, 0.05) is 18.1 Å². The number of hydrogen-bond acceptors (Lipinski definition) is 4. The fraction of sp³-hybridized carbons (Fsp3) is 0.357. The Kier molecular flexibility index (Phi) is 3.90. The van der Waals surface area contributed by atoms with E-state index in [9.17, 15) is 4.79 Å². The van der Waals surface area contributed by atoms with Crippen LogP contribution < -0.4 is 0 Å². The molecule has 0 radical (unpaired) electrons. The van der Waals surface area contributed by atoms with E-state index in [-0.39, 0.29) is 18.9 Å². The summed E-state index contributed by atoms with van der Waals surface area (Å²) in [5.74, 6) is 1.27. The highest BCUT2D eigenvalue weighted by atomic mass is 35.5. The molecule has 0 bridgehead atoms. The maximum atomic E-state index is 12.4. The van der Waals surface area contributed by atoms with E-state index in [4.69, 9.17) is 16.7 Å². The zero-order valence-electron chi connectivity index (χ0n) is 11.4. The molecule has 0 atom stereocenters. The van der Waals surface area contributed by atoms with Crippen molar-refractivity contribution < 1.29 is 9.90 Å². The van der Waals surface area contributed by atoms with Gasteiger partial charge in [-0.05, 0) is 11.6 Å². The molecule has 21 heavy (non-hydrogen) atoms. The number of aliphatic hydroxyl groups excluding tert-OH is 1. The molecule has 0 saturated carbocycles. The molecular weight excluding hydrogens is 292 g/mol. The Hall–Kier alpha value is -1.92. The van der Waals surface area contributed by atoms with Crippen molar-refractivity contribution in [3.63, 3.8) is 0 Å². The molecule has 110 valence electrons. The SMILES string of the molecule is O=C(Cc1ccccc1Cl)N1CCn2c(CO)nnc2C1. The van der Waals surface area contributed by atoms with Gasteiger partial charge in [0.1, 0.15) is 6.61 Å². The summed E-state index contributed by atoms with van der Waals surface area (Å²) in [6.45, 7) is 1.46. The van der Waals surface area contributed by atoms with Crippen LogP contribution in [0.5, 0.6) is 0 Å². The number of halogens is 1. The van der Waals surface area contributed by atoms with Crippen LogP contribution in [0.4, 0.5) is 0 Å². The predicted molar refractivity (Wildman–Crippen MR) is 76.5 cm³/mol. The Balaban J connectivity index is 1.71. The molecule has 1 aliphatic rings. The lowest BCUT2D eigenvalue weighted by atomic mass is 10.1. The van der Waals surface area contributed by atoms with Gasteiger partial charge in [-0.25, -0.2) is 0 Å². The summed E-state index contributed by atoms with van der Waals surface area (Å²) in [6, 6.07) is 7.35. The van der Waals surface area contributed by atoms with Crippen molar-refractivity contribution in [2.75, 3.05) is 6.54 Å². The van der Waals surface area contributed by atoms with Gasteiger partial charge in [0.2, 0.25) is 5.91 Å². The molecule has 1 aromatic heterocycles. The summed E-state index contributed by atoms with van der Waals surface area (Å²) in [5, 5.41) is 17.7. The molecule has 0 fully saturated rings. The molecule has 7 heteroatoms. The number of hydrogen-bond donors (Lipinski definition) is 1. The molecule has 0 saturated heterocycles. The minimum Gasteiger partial charge on any atom is -0.388 e. The van der Waals surface area contributed by atoms with Crippen LogP contribution in [0.3, 0.4) is 0 Å². The van der Waals surface area contributed by atoms with E-state index in [1.807, 2.05) is 22.8 Å². The van der Waals surface area contributed by atoms with Crippen LogP contribution in [0.15, 0.2) is 24.3 Å². The third-order valence-corrected chi connectivity index (χ3v) is 3.99. The maximum absolute atomic E-state index is 12.4. The van der Waals surface area contributed by atoms with Crippen molar-refractivity contribution >= 4 is 17.5 Å². The fourth-order valence-electron chi connectivity index (χ4n) is 2.46. The Bertz CT molecular complexity index is 671. The highest BCUT2D eigenvalue weighted by Gasteiger charge is 2.24. The van der Waals surface area contributed by atoms with Crippen molar-refractivity contribution in [3.8, 4) is 0 Å². The van der Waals surface area contributed by atoms with Crippen molar-refractivity contribution in [2.24, 2.45) is 0 Å². The van der Waals surface area contributed by atoms with Crippen molar-refractivity contribution in [3.05, 3.63) is 46.5 Å². The van der Waals surface area contributed by atoms with Gasteiger partial charge >= 0.3 is 0 Å². The van der Waals surface area contributed by atoms with E-state index >= 15 is 0 Å². The second-order valence-electron chi connectivity index (χ2n) is 4.93. The first kappa shape index (κ1) is 14.0. The van der Waals surface area contributed by atoms with Crippen molar-refractivity contribution in [1.82, 2.24) is 19.7 Å². The Morgan fingerprint density at radius 3 is 2.86 bits per heavy atom. The molecule has 1 aliphatic heterocycles. The van der Waals surface area contributed by atoms with Crippen LogP contribution in [0, 0.1) is 0 Å². The van der Waals surface area contributed by atoms with Crippen LogP contribution in [0.1, 0.15) is 17.2 Å². The topological polar surface area (TPSA) is 71.2 Å². The van der Waals surface area contributed by atoms with Gasteiger partial charge in [-0.1, -0.05) is 29.8 Å². The first-order valence-corrected chi connectivity index (χ1v) is 7.10. The van der Waals surface area contributed by atoms with E-state index in [1.54, 1.807) is 11.0 Å². The highest BCUT2D eigenvalue weighted by molar-refractivity contribution is 6.31. The fourth-order valence-corrected chi connectivity index (χ4v) is 2.67. The molecular formula is C14H15ClN4O2. The van der Waals surface area contributed by atoms with Gasteiger partial charge in [0.25, 0.3) is 0 Å². The summed E-state index contributed by atoms with van der Waals surface area (Å²) in [6.07, 6.45) is 0.278. The predicted octanol–water partition coefficient (Wildman–Crippen LogP) is 1.01. The summed E-state index contributed by atoms with van der Waals surface area (Å²) in [5.41, 5.74) is 0.826. The Labute approximate surface area is 127 Å². The van der Waals surface area contributed by atoms with Gasteiger partial charge in [-0.15, -0.1) is 10.2 Å². The molecule has 1 N–H and O–H groups in total. The zero-order chi connectivity index (χ0) is 14.8. The summed E-state index contributed by atoms with van der Waals surface area (Å²) in [4.78, 5) is 14.1. The number of carbonyl (C=O) groups is 1. The van der Waals surface area contributed by atoms with Crippen molar-refractivity contribution in [1.29, 1.82) is 0 Å². The Morgan fingerprint density at radius 2 is 2.10 bits per heavy atom. The quantitative estimate of drug-likeness (QED) is 0.918. The molecule has 1 amide bonds. The normalized spacial score (nSPS) is 14.1. The monoisotopic (exact) mass is 306 g/mol. The average Bonchev–Trinajstić information content (AvgIpc) is 2.91. The van der Waals surface area contributed by atoms with Crippen LogP contribution in [0.25, 0.3) is 0 Å². The minimum atomic E-state index is -0.138.